The smallest absolute Gasteiger partial charge is 0.235 e. The Morgan fingerprint density at radius 1 is 1.17 bits per heavy atom. The Balaban J connectivity index is 3.98. The maximum absolute atomic E-state index is 11.2. The van der Waals surface area contributed by atoms with Crippen LogP contribution in [0.4, 0.5) is 0 Å². The van der Waals surface area contributed by atoms with Crippen LogP contribution in [-0.4, -0.2) is 54.5 Å². The highest BCUT2D eigenvalue weighted by Crippen LogP contribution is 2.05. The summed E-state index contributed by atoms with van der Waals surface area (Å²) in [5.74, 6) is 5.02. The van der Waals surface area contributed by atoms with E-state index in [-0.39, 0.29) is 11.9 Å². The number of rotatable bonds is 10. The van der Waals surface area contributed by atoms with Crippen LogP contribution in [0.5, 0.6) is 0 Å². The second-order valence-electron chi connectivity index (χ2n) is 4.63. The summed E-state index contributed by atoms with van der Waals surface area (Å²) >= 11 is 0. The number of hydrazine groups is 1. The van der Waals surface area contributed by atoms with Crippen LogP contribution >= 0.6 is 0 Å². The zero-order valence-electron chi connectivity index (χ0n) is 12.4. The van der Waals surface area contributed by atoms with E-state index >= 15 is 0 Å². The Hall–Kier alpha value is -0.650. The lowest BCUT2D eigenvalue weighted by Crippen LogP contribution is -2.40. The van der Waals surface area contributed by atoms with Gasteiger partial charge in [-0.2, -0.15) is 0 Å². The fourth-order valence-corrected chi connectivity index (χ4v) is 2.18. The molecule has 1 atom stereocenters. The van der Waals surface area contributed by atoms with Crippen molar-refractivity contribution in [2.45, 2.75) is 46.6 Å². The average molecular weight is 258 g/mol. The van der Waals surface area contributed by atoms with Crippen molar-refractivity contribution in [1.29, 1.82) is 0 Å². The van der Waals surface area contributed by atoms with E-state index in [1.54, 1.807) is 0 Å². The second kappa shape index (κ2) is 10.3. The number of carbonyl (C=O) groups is 1. The maximum Gasteiger partial charge on any atom is 0.235 e. The van der Waals surface area contributed by atoms with Crippen LogP contribution in [0.3, 0.4) is 0 Å². The van der Waals surface area contributed by atoms with Gasteiger partial charge in [-0.1, -0.05) is 20.8 Å². The van der Waals surface area contributed by atoms with Gasteiger partial charge >= 0.3 is 0 Å². The maximum atomic E-state index is 11.2. The van der Waals surface area contributed by atoms with Crippen molar-refractivity contribution in [3.8, 4) is 0 Å². The molecule has 0 saturated carbocycles. The molecule has 0 heterocycles. The van der Waals surface area contributed by atoms with Gasteiger partial charge < -0.3 is 9.80 Å². The van der Waals surface area contributed by atoms with Crippen molar-refractivity contribution in [3.05, 3.63) is 0 Å². The molecule has 3 N–H and O–H groups in total. The van der Waals surface area contributed by atoms with E-state index in [0.717, 1.165) is 39.1 Å². The lowest BCUT2D eigenvalue weighted by Gasteiger charge is -2.28. The second-order valence-corrected chi connectivity index (χ2v) is 4.63. The number of nitrogens with two attached hydrogens (primary N) is 1. The fourth-order valence-electron chi connectivity index (χ4n) is 2.18. The minimum Gasteiger partial charge on any atom is -0.304 e. The summed E-state index contributed by atoms with van der Waals surface area (Å²) in [4.78, 5) is 16.0. The lowest BCUT2D eigenvalue weighted by atomic mass is 10.2. The van der Waals surface area contributed by atoms with E-state index in [1.807, 2.05) is 0 Å². The minimum absolute atomic E-state index is 0.0929. The molecule has 0 aliphatic carbocycles. The first-order valence-electron chi connectivity index (χ1n) is 7.04. The first-order chi connectivity index (χ1) is 8.58. The predicted octanol–water partition coefficient (Wildman–Crippen LogP) is 0.809. The van der Waals surface area contributed by atoms with E-state index < -0.39 is 0 Å². The number of hydrogen-bond donors (Lipinski definition) is 2. The molecule has 0 aliphatic heterocycles. The van der Waals surface area contributed by atoms with Gasteiger partial charge in [0.25, 0.3) is 0 Å². The number of carbonyl (C=O) groups excluding carboxylic acids is 1. The number of amides is 1. The molecule has 108 valence electrons. The van der Waals surface area contributed by atoms with Gasteiger partial charge in [0.2, 0.25) is 5.91 Å². The Kier molecular flexibility index (Phi) is 9.92. The van der Waals surface area contributed by atoms with Crippen molar-refractivity contribution in [3.63, 3.8) is 0 Å². The third-order valence-corrected chi connectivity index (χ3v) is 3.49. The molecule has 0 saturated heterocycles. The van der Waals surface area contributed by atoms with Crippen molar-refractivity contribution >= 4 is 5.91 Å². The lowest BCUT2D eigenvalue weighted by molar-refractivity contribution is -0.122. The van der Waals surface area contributed by atoms with Gasteiger partial charge in [0.1, 0.15) is 0 Å². The van der Waals surface area contributed by atoms with Crippen LogP contribution < -0.4 is 11.3 Å². The van der Waals surface area contributed by atoms with E-state index in [4.69, 9.17) is 5.84 Å². The molecule has 0 aromatic rings. The van der Waals surface area contributed by atoms with Crippen molar-refractivity contribution in [2.24, 2.45) is 5.84 Å². The van der Waals surface area contributed by atoms with Crippen LogP contribution in [0.25, 0.3) is 0 Å². The van der Waals surface area contributed by atoms with Crippen molar-refractivity contribution in [1.82, 2.24) is 15.2 Å². The molecular formula is C13H30N4O. The monoisotopic (exact) mass is 258 g/mol. The summed E-state index contributed by atoms with van der Waals surface area (Å²) < 4.78 is 0. The molecule has 1 unspecified atom stereocenters. The highest BCUT2D eigenvalue weighted by atomic mass is 16.2. The van der Waals surface area contributed by atoms with Gasteiger partial charge in [-0.25, -0.2) is 5.84 Å². The molecular weight excluding hydrogens is 228 g/mol. The summed E-state index contributed by atoms with van der Waals surface area (Å²) in [6, 6.07) is 0.246. The van der Waals surface area contributed by atoms with Gasteiger partial charge in [-0.05, 0) is 46.1 Å². The molecule has 0 bridgehead atoms. The van der Waals surface area contributed by atoms with Crippen LogP contribution in [0.1, 0.15) is 40.5 Å². The molecule has 5 heteroatoms. The zero-order chi connectivity index (χ0) is 14.0. The number of nitrogens with zero attached hydrogens (tertiary/aromatic N) is 2. The molecule has 0 spiro atoms. The van der Waals surface area contributed by atoms with Crippen LogP contribution in [0.2, 0.25) is 0 Å². The number of nitrogens with one attached hydrogen (secondary N) is 1. The first kappa shape index (κ1) is 17.4. The molecule has 0 aliphatic rings. The molecule has 0 fully saturated rings. The normalized spacial score (nSPS) is 13.1. The summed E-state index contributed by atoms with van der Waals surface area (Å²) in [6.45, 7) is 13.9. The standard InChI is InChI=1S/C13H30N4O/c1-5-16(6-2)9-8-10-17(7-3)12(4)11-13(18)15-14/h12H,5-11,14H2,1-4H3,(H,15,18). The Labute approximate surface area is 112 Å². The fraction of sp³-hybridized carbons (Fsp3) is 0.923. The molecule has 0 aromatic carbocycles. The van der Waals surface area contributed by atoms with Gasteiger partial charge in [0.05, 0.1) is 0 Å². The van der Waals surface area contributed by atoms with E-state index in [9.17, 15) is 4.79 Å². The van der Waals surface area contributed by atoms with Crippen LogP contribution in [0.15, 0.2) is 0 Å². The Morgan fingerprint density at radius 2 is 1.78 bits per heavy atom. The third-order valence-electron chi connectivity index (χ3n) is 3.49. The van der Waals surface area contributed by atoms with Crippen LogP contribution in [-0.2, 0) is 4.79 Å². The first-order valence-corrected chi connectivity index (χ1v) is 7.04. The molecule has 0 radical (unpaired) electrons. The van der Waals surface area contributed by atoms with Gasteiger partial charge in [0.15, 0.2) is 0 Å². The summed E-state index contributed by atoms with van der Waals surface area (Å²) in [5, 5.41) is 0. The zero-order valence-corrected chi connectivity index (χ0v) is 12.4. The Morgan fingerprint density at radius 3 is 2.22 bits per heavy atom. The van der Waals surface area contributed by atoms with Gasteiger partial charge in [0, 0.05) is 12.5 Å². The minimum atomic E-state index is -0.0929. The summed E-state index contributed by atoms with van der Waals surface area (Å²) in [5.41, 5.74) is 2.19. The predicted molar refractivity (Wildman–Crippen MR) is 76.1 cm³/mol. The van der Waals surface area contributed by atoms with E-state index in [1.165, 1.54) is 0 Å². The summed E-state index contributed by atoms with van der Waals surface area (Å²) in [6.07, 6.45) is 1.61. The Bertz CT molecular complexity index is 219. The topological polar surface area (TPSA) is 61.6 Å². The van der Waals surface area contributed by atoms with E-state index in [0.29, 0.717) is 6.42 Å². The van der Waals surface area contributed by atoms with Gasteiger partial charge in [-0.3, -0.25) is 10.2 Å². The van der Waals surface area contributed by atoms with E-state index in [2.05, 4.69) is 42.9 Å². The average Bonchev–Trinajstić information content (AvgIpc) is 2.38. The molecule has 1 amide bonds. The third kappa shape index (κ3) is 6.93. The molecule has 0 aromatic heterocycles. The van der Waals surface area contributed by atoms with Crippen molar-refractivity contribution in [2.75, 3.05) is 32.7 Å². The highest BCUT2D eigenvalue weighted by Gasteiger charge is 2.15. The molecule has 18 heavy (non-hydrogen) atoms. The number of hydrogen-bond acceptors (Lipinski definition) is 4. The quantitative estimate of drug-likeness (QED) is 0.346. The highest BCUT2D eigenvalue weighted by molar-refractivity contribution is 5.75. The SMILES string of the molecule is CCN(CC)CCCN(CC)C(C)CC(=O)NN. The summed E-state index contributed by atoms with van der Waals surface area (Å²) in [7, 11) is 0. The van der Waals surface area contributed by atoms with Crippen LogP contribution in [0, 0.1) is 0 Å². The molecule has 5 nitrogen and oxygen atoms in total. The molecule has 0 rings (SSSR count). The van der Waals surface area contributed by atoms with Crippen molar-refractivity contribution < 1.29 is 4.79 Å². The van der Waals surface area contributed by atoms with Gasteiger partial charge in [-0.15, -0.1) is 0 Å². The largest absolute Gasteiger partial charge is 0.304 e.